The molecule has 0 aromatic heterocycles. The number of methoxy groups -OCH3 is 1. The number of carbonyl (C=O) groups excluding carboxylic acids is 1. The van der Waals surface area contributed by atoms with Crippen molar-refractivity contribution in [2.75, 3.05) is 31.7 Å². The molecule has 1 amide bonds. The molecule has 3 aromatic rings. The molecule has 154 valence electrons. The van der Waals surface area contributed by atoms with Crippen LogP contribution in [0.3, 0.4) is 0 Å². The number of amides is 1. The highest BCUT2D eigenvalue weighted by molar-refractivity contribution is 6.36. The molecule has 0 saturated heterocycles. The van der Waals surface area contributed by atoms with Crippen LogP contribution in [-0.4, -0.2) is 32.7 Å². The maximum atomic E-state index is 12.4. The summed E-state index contributed by atoms with van der Waals surface area (Å²) in [6, 6.07) is 19.7. The minimum atomic E-state index is -0.107. The maximum Gasteiger partial charge on any atom is 0.251 e. The van der Waals surface area contributed by atoms with E-state index in [2.05, 4.69) is 28.4 Å². The molecule has 0 spiro atoms. The Hall–Kier alpha value is -2.53. The van der Waals surface area contributed by atoms with Crippen LogP contribution in [0.2, 0.25) is 10.0 Å². The highest BCUT2D eigenvalue weighted by Crippen LogP contribution is 2.41. The predicted molar refractivity (Wildman–Crippen MR) is 123 cm³/mol. The van der Waals surface area contributed by atoms with Gasteiger partial charge in [-0.1, -0.05) is 47.5 Å². The van der Waals surface area contributed by atoms with Crippen molar-refractivity contribution in [3.63, 3.8) is 0 Å². The lowest BCUT2D eigenvalue weighted by Gasteiger charge is -2.21. The summed E-state index contributed by atoms with van der Waals surface area (Å²) < 4.78 is 4.99. The SMILES string of the molecule is COCCNC(=O)c1cccc(-c2ccc3c(c2)N(c2ccc(Cl)cc2Cl)CC3)c1. The van der Waals surface area contributed by atoms with Gasteiger partial charge in [0.1, 0.15) is 0 Å². The second-order valence-electron chi connectivity index (χ2n) is 7.17. The number of anilines is 2. The monoisotopic (exact) mass is 440 g/mol. The van der Waals surface area contributed by atoms with Crippen LogP contribution in [0.4, 0.5) is 11.4 Å². The summed E-state index contributed by atoms with van der Waals surface area (Å²) in [7, 11) is 1.61. The average molecular weight is 441 g/mol. The molecular formula is C24H22Cl2N2O2. The van der Waals surface area contributed by atoms with Gasteiger partial charge in [-0.05, 0) is 59.5 Å². The van der Waals surface area contributed by atoms with Crippen LogP contribution in [0.15, 0.2) is 60.7 Å². The standard InChI is InChI=1S/C24H22Cl2N2O2/c1-30-12-10-27-24(29)19-4-2-3-17(13-19)18-6-5-16-9-11-28(23(16)14-18)22-8-7-20(25)15-21(22)26/h2-8,13-15H,9-12H2,1H3,(H,27,29). The van der Waals surface area contributed by atoms with Crippen molar-refractivity contribution >= 4 is 40.5 Å². The molecule has 4 nitrogen and oxygen atoms in total. The second kappa shape index (κ2) is 9.09. The fraction of sp³-hybridized carbons (Fsp3) is 0.208. The Morgan fingerprint density at radius 1 is 1.03 bits per heavy atom. The zero-order valence-electron chi connectivity index (χ0n) is 16.6. The van der Waals surface area contributed by atoms with Gasteiger partial charge in [-0.25, -0.2) is 0 Å². The van der Waals surface area contributed by atoms with Gasteiger partial charge in [0.05, 0.1) is 17.3 Å². The summed E-state index contributed by atoms with van der Waals surface area (Å²) in [6.45, 7) is 1.83. The fourth-order valence-corrected chi connectivity index (χ4v) is 4.23. The summed E-state index contributed by atoms with van der Waals surface area (Å²) in [5.74, 6) is -0.107. The minimum Gasteiger partial charge on any atom is -0.383 e. The number of nitrogens with one attached hydrogen (secondary N) is 1. The van der Waals surface area contributed by atoms with Crippen molar-refractivity contribution < 1.29 is 9.53 Å². The fourth-order valence-electron chi connectivity index (χ4n) is 3.72. The number of hydrogen-bond acceptors (Lipinski definition) is 3. The molecule has 1 N–H and O–H groups in total. The Bertz CT molecular complexity index is 1080. The zero-order valence-corrected chi connectivity index (χ0v) is 18.1. The van der Waals surface area contributed by atoms with Gasteiger partial charge in [0, 0.05) is 36.5 Å². The lowest BCUT2D eigenvalue weighted by molar-refractivity contribution is 0.0937. The van der Waals surface area contributed by atoms with E-state index in [-0.39, 0.29) is 5.91 Å². The van der Waals surface area contributed by atoms with E-state index in [9.17, 15) is 4.79 Å². The number of ether oxygens (including phenoxy) is 1. The summed E-state index contributed by atoms with van der Waals surface area (Å²) in [6.07, 6.45) is 0.955. The van der Waals surface area contributed by atoms with E-state index in [0.717, 1.165) is 35.5 Å². The molecule has 0 aliphatic carbocycles. The van der Waals surface area contributed by atoms with Gasteiger partial charge < -0.3 is 15.0 Å². The Morgan fingerprint density at radius 2 is 1.87 bits per heavy atom. The molecule has 0 bridgehead atoms. The second-order valence-corrected chi connectivity index (χ2v) is 8.01. The first-order valence-electron chi connectivity index (χ1n) is 9.80. The molecule has 0 fully saturated rings. The number of halogens is 2. The van der Waals surface area contributed by atoms with Crippen molar-refractivity contribution in [2.24, 2.45) is 0 Å². The molecule has 1 aliphatic rings. The highest BCUT2D eigenvalue weighted by Gasteiger charge is 2.23. The minimum absolute atomic E-state index is 0.107. The topological polar surface area (TPSA) is 41.6 Å². The van der Waals surface area contributed by atoms with E-state index in [1.165, 1.54) is 5.56 Å². The number of benzene rings is 3. The van der Waals surface area contributed by atoms with Crippen LogP contribution in [0.1, 0.15) is 15.9 Å². The molecule has 4 rings (SSSR count). The Kier molecular flexibility index (Phi) is 6.28. The molecule has 0 atom stereocenters. The molecule has 0 unspecified atom stereocenters. The lowest BCUT2D eigenvalue weighted by atomic mass is 10.00. The first-order chi connectivity index (χ1) is 14.6. The van der Waals surface area contributed by atoms with E-state index in [0.29, 0.717) is 28.8 Å². The van der Waals surface area contributed by atoms with E-state index >= 15 is 0 Å². The summed E-state index contributed by atoms with van der Waals surface area (Å²) >= 11 is 12.5. The summed E-state index contributed by atoms with van der Waals surface area (Å²) in [4.78, 5) is 14.6. The quantitative estimate of drug-likeness (QED) is 0.497. The van der Waals surface area contributed by atoms with E-state index < -0.39 is 0 Å². The molecule has 6 heteroatoms. The maximum absolute atomic E-state index is 12.4. The van der Waals surface area contributed by atoms with Crippen molar-refractivity contribution in [3.05, 3.63) is 81.8 Å². The number of fused-ring (bicyclic) bond motifs is 1. The first kappa shape index (κ1) is 20.7. The first-order valence-corrected chi connectivity index (χ1v) is 10.6. The van der Waals surface area contributed by atoms with Crippen molar-refractivity contribution in [3.8, 4) is 11.1 Å². The van der Waals surface area contributed by atoms with Crippen LogP contribution < -0.4 is 10.2 Å². The van der Waals surface area contributed by atoms with Crippen LogP contribution in [0.25, 0.3) is 11.1 Å². The van der Waals surface area contributed by atoms with Crippen molar-refractivity contribution in [1.82, 2.24) is 5.32 Å². The van der Waals surface area contributed by atoms with E-state index in [4.69, 9.17) is 27.9 Å². The van der Waals surface area contributed by atoms with Gasteiger partial charge in [0.2, 0.25) is 0 Å². The third-order valence-electron chi connectivity index (χ3n) is 5.23. The lowest BCUT2D eigenvalue weighted by Crippen LogP contribution is -2.26. The van der Waals surface area contributed by atoms with E-state index in [1.54, 1.807) is 13.2 Å². The molecule has 1 heterocycles. The molecule has 1 aliphatic heterocycles. The Labute approximate surface area is 186 Å². The molecule has 3 aromatic carbocycles. The summed E-state index contributed by atoms with van der Waals surface area (Å²) in [5, 5.41) is 4.12. The highest BCUT2D eigenvalue weighted by atomic mass is 35.5. The number of nitrogens with zero attached hydrogens (tertiary/aromatic N) is 1. The predicted octanol–water partition coefficient (Wildman–Crippen LogP) is 5.73. The van der Waals surface area contributed by atoms with E-state index in [1.807, 2.05) is 36.4 Å². The third-order valence-corrected chi connectivity index (χ3v) is 5.77. The third kappa shape index (κ3) is 4.31. The zero-order chi connectivity index (χ0) is 21.1. The van der Waals surface area contributed by atoms with Gasteiger partial charge >= 0.3 is 0 Å². The van der Waals surface area contributed by atoms with Gasteiger partial charge in [-0.15, -0.1) is 0 Å². The van der Waals surface area contributed by atoms with Crippen LogP contribution in [0.5, 0.6) is 0 Å². The molecule has 0 saturated carbocycles. The smallest absolute Gasteiger partial charge is 0.251 e. The summed E-state index contributed by atoms with van der Waals surface area (Å²) in [5.41, 5.74) is 6.03. The Balaban J connectivity index is 1.63. The molecule has 0 radical (unpaired) electrons. The van der Waals surface area contributed by atoms with Crippen LogP contribution in [0, 0.1) is 0 Å². The van der Waals surface area contributed by atoms with Gasteiger partial charge in [-0.2, -0.15) is 0 Å². The van der Waals surface area contributed by atoms with Gasteiger partial charge in [0.25, 0.3) is 5.91 Å². The van der Waals surface area contributed by atoms with Crippen LogP contribution >= 0.6 is 23.2 Å². The molecular weight excluding hydrogens is 419 g/mol. The van der Waals surface area contributed by atoms with Crippen LogP contribution in [-0.2, 0) is 11.2 Å². The van der Waals surface area contributed by atoms with Gasteiger partial charge in [-0.3, -0.25) is 4.79 Å². The Morgan fingerprint density at radius 3 is 2.67 bits per heavy atom. The van der Waals surface area contributed by atoms with Gasteiger partial charge in [0.15, 0.2) is 0 Å². The molecule has 30 heavy (non-hydrogen) atoms. The largest absolute Gasteiger partial charge is 0.383 e. The number of rotatable bonds is 6. The average Bonchev–Trinajstić information content (AvgIpc) is 3.17. The van der Waals surface area contributed by atoms with Crippen molar-refractivity contribution in [1.29, 1.82) is 0 Å². The number of carbonyl (C=O) groups is 1. The normalized spacial score (nSPS) is 12.7. The number of hydrogen-bond donors (Lipinski definition) is 1. The van der Waals surface area contributed by atoms with Crippen molar-refractivity contribution in [2.45, 2.75) is 6.42 Å².